The number of sulfonamides is 1. The molecule has 3 heterocycles. The minimum atomic E-state index is -3.46. The van der Waals surface area contributed by atoms with Crippen LogP contribution in [0.3, 0.4) is 0 Å². The third kappa shape index (κ3) is 4.61. The van der Waals surface area contributed by atoms with Crippen LogP contribution in [0.15, 0.2) is 60.8 Å². The van der Waals surface area contributed by atoms with Crippen molar-refractivity contribution in [2.75, 3.05) is 29.4 Å². The summed E-state index contributed by atoms with van der Waals surface area (Å²) in [5, 5.41) is 4.79. The molecule has 42 heavy (non-hydrogen) atoms. The zero-order chi connectivity index (χ0) is 29.8. The van der Waals surface area contributed by atoms with Crippen molar-refractivity contribution < 1.29 is 31.5 Å². The van der Waals surface area contributed by atoms with Crippen LogP contribution in [0, 0.1) is 18.6 Å². The summed E-state index contributed by atoms with van der Waals surface area (Å²) in [6, 6.07) is 13.2. The van der Waals surface area contributed by atoms with Gasteiger partial charge in [0.2, 0.25) is 15.8 Å². The average Bonchev–Trinajstić information content (AvgIpc) is 3.64. The Bertz CT molecular complexity index is 1960. The first kappa shape index (κ1) is 27.3. The molecule has 3 N–H and O–H groups in total. The molecule has 0 unspecified atom stereocenters. The molecule has 1 fully saturated rings. The van der Waals surface area contributed by atoms with Gasteiger partial charge >= 0.3 is 0 Å². The van der Waals surface area contributed by atoms with Gasteiger partial charge in [0.25, 0.3) is 0 Å². The molecule has 13 heteroatoms. The molecule has 1 saturated heterocycles. The number of aromatic nitrogens is 3. The number of carbonyl (C=O) groups excluding carboxylic acids is 1. The van der Waals surface area contributed by atoms with Gasteiger partial charge in [-0.2, -0.15) is 5.10 Å². The lowest BCUT2D eigenvalue weighted by Gasteiger charge is -2.19. The predicted octanol–water partition coefficient (Wildman–Crippen LogP) is 5.09. The van der Waals surface area contributed by atoms with Gasteiger partial charge in [-0.1, -0.05) is 12.1 Å². The van der Waals surface area contributed by atoms with Gasteiger partial charge in [0, 0.05) is 23.5 Å². The lowest BCUT2D eigenvalue weighted by Crippen LogP contribution is -2.25. The quantitative estimate of drug-likeness (QED) is 0.251. The van der Waals surface area contributed by atoms with Crippen molar-refractivity contribution in [2.24, 2.45) is 0 Å². The zero-order valence-corrected chi connectivity index (χ0v) is 23.3. The van der Waals surface area contributed by atoms with Crippen molar-refractivity contribution in [3.63, 3.8) is 0 Å². The van der Waals surface area contributed by atoms with Gasteiger partial charge in [0.05, 0.1) is 36.0 Å². The summed E-state index contributed by atoms with van der Waals surface area (Å²) in [6.45, 7) is 1.94. The van der Waals surface area contributed by atoms with Crippen molar-refractivity contribution in [2.45, 2.75) is 13.3 Å². The molecule has 2 aromatic heterocycles. The maximum Gasteiger partial charge on any atom is 0.235 e. The third-order valence-corrected chi connectivity index (χ3v) is 8.94. The van der Waals surface area contributed by atoms with E-state index < -0.39 is 27.4 Å². The number of ketones is 1. The number of methoxy groups -OCH3 is 1. The molecule has 10 nitrogen and oxygen atoms in total. The van der Waals surface area contributed by atoms with E-state index in [1.54, 1.807) is 31.2 Å². The van der Waals surface area contributed by atoms with Crippen LogP contribution in [0.1, 0.15) is 28.0 Å². The number of halogens is 2. The molecule has 1 aliphatic rings. The van der Waals surface area contributed by atoms with E-state index in [1.807, 2.05) is 0 Å². The maximum absolute atomic E-state index is 15.3. The molecule has 0 atom stereocenters. The van der Waals surface area contributed by atoms with E-state index in [1.165, 1.54) is 41.9 Å². The average molecular weight is 594 g/mol. The number of para-hydroxylation sites is 1. The largest absolute Gasteiger partial charge is 0.495 e. The summed E-state index contributed by atoms with van der Waals surface area (Å²) in [6.07, 6.45) is 1.75. The van der Waals surface area contributed by atoms with Crippen molar-refractivity contribution >= 4 is 38.2 Å². The topological polar surface area (TPSA) is 133 Å². The summed E-state index contributed by atoms with van der Waals surface area (Å²) in [4.78, 5) is 16.5. The molecule has 0 aliphatic carbocycles. The van der Waals surface area contributed by atoms with Crippen molar-refractivity contribution in [3.8, 4) is 22.9 Å². The van der Waals surface area contributed by atoms with Gasteiger partial charge < -0.3 is 20.2 Å². The van der Waals surface area contributed by atoms with E-state index in [-0.39, 0.29) is 40.0 Å². The number of aromatic amines is 1. The van der Waals surface area contributed by atoms with Crippen LogP contribution in [0.5, 0.6) is 17.2 Å². The van der Waals surface area contributed by atoms with Crippen molar-refractivity contribution in [1.82, 2.24) is 14.8 Å². The van der Waals surface area contributed by atoms with Gasteiger partial charge in [-0.25, -0.2) is 21.9 Å². The summed E-state index contributed by atoms with van der Waals surface area (Å²) < 4.78 is 67.7. The van der Waals surface area contributed by atoms with Crippen LogP contribution in [-0.4, -0.2) is 48.4 Å². The summed E-state index contributed by atoms with van der Waals surface area (Å²) in [5.41, 5.74) is 7.79. The molecule has 216 valence electrons. The predicted molar refractivity (Wildman–Crippen MR) is 153 cm³/mol. The number of ether oxygens (including phenoxy) is 2. The van der Waals surface area contributed by atoms with Gasteiger partial charge in [-0.05, 0) is 55.3 Å². The van der Waals surface area contributed by atoms with Gasteiger partial charge in [0.15, 0.2) is 17.4 Å². The molecule has 0 amide bonds. The second-order valence-corrected chi connectivity index (χ2v) is 11.8. The highest BCUT2D eigenvalue weighted by molar-refractivity contribution is 7.93. The number of anilines is 2. The maximum atomic E-state index is 15.3. The Kier molecular flexibility index (Phi) is 6.61. The van der Waals surface area contributed by atoms with E-state index >= 15 is 4.39 Å². The molecule has 0 spiro atoms. The molecule has 1 aliphatic heterocycles. The van der Waals surface area contributed by atoms with Crippen molar-refractivity contribution in [1.29, 1.82) is 0 Å². The normalized spacial score (nSPS) is 14.4. The fourth-order valence-electron chi connectivity index (χ4n) is 5.08. The summed E-state index contributed by atoms with van der Waals surface area (Å²) in [5.74, 6) is -1.49. The van der Waals surface area contributed by atoms with Crippen LogP contribution < -0.4 is 19.5 Å². The SMILES string of the molecule is COc1cc2cc(C(=O)c3cnn(-c4c(C)cc(Oc5ccccc5F)cc4F)c3N)[nH]c2cc1N1CCCS1(=O)=O. The van der Waals surface area contributed by atoms with Crippen LogP contribution in [0.25, 0.3) is 16.6 Å². The highest BCUT2D eigenvalue weighted by Gasteiger charge is 2.31. The highest BCUT2D eigenvalue weighted by Crippen LogP contribution is 2.37. The molecule has 3 aromatic carbocycles. The summed E-state index contributed by atoms with van der Waals surface area (Å²) >= 11 is 0. The van der Waals surface area contributed by atoms with Crippen LogP contribution in [0.2, 0.25) is 0 Å². The first-order chi connectivity index (χ1) is 20.1. The number of hydrogen-bond donors (Lipinski definition) is 2. The standard InChI is InChI=1S/C29H25F2N5O5S/c1-16-10-18(41-25-7-4-3-6-20(25)30)13-21(31)27(16)36-29(32)19(15-33-36)28(37)23-11-17-12-26(40-2)24(14-22(17)34-23)35-8-5-9-42(35,38)39/h3-4,6-7,10-15,34H,5,8-9,32H2,1-2H3. The monoisotopic (exact) mass is 593 g/mol. The lowest BCUT2D eigenvalue weighted by molar-refractivity contribution is 0.103. The Morgan fingerprint density at radius 2 is 1.86 bits per heavy atom. The fourth-order valence-corrected chi connectivity index (χ4v) is 6.65. The first-order valence-corrected chi connectivity index (χ1v) is 14.5. The Labute approximate surface area is 239 Å². The Morgan fingerprint density at radius 3 is 2.55 bits per heavy atom. The fraction of sp³-hybridized carbons (Fsp3) is 0.172. The number of aryl methyl sites for hydroxylation is 1. The van der Waals surface area contributed by atoms with Gasteiger partial charge in [0.1, 0.15) is 23.0 Å². The first-order valence-electron chi connectivity index (χ1n) is 12.9. The van der Waals surface area contributed by atoms with E-state index in [2.05, 4.69) is 10.1 Å². The number of nitrogens with one attached hydrogen (secondary N) is 1. The molecule has 0 saturated carbocycles. The molecular formula is C29H25F2N5O5S. The Hall–Kier alpha value is -4.91. The van der Waals surface area contributed by atoms with E-state index in [4.69, 9.17) is 15.2 Å². The molecule has 0 radical (unpaired) electrons. The number of rotatable bonds is 7. The van der Waals surface area contributed by atoms with E-state index in [9.17, 15) is 17.6 Å². The van der Waals surface area contributed by atoms with Crippen LogP contribution in [-0.2, 0) is 10.0 Å². The van der Waals surface area contributed by atoms with E-state index in [0.29, 0.717) is 40.9 Å². The Morgan fingerprint density at radius 1 is 1.07 bits per heavy atom. The molecule has 0 bridgehead atoms. The third-order valence-electron chi connectivity index (χ3n) is 7.09. The number of nitrogens with zero attached hydrogens (tertiary/aromatic N) is 3. The van der Waals surface area contributed by atoms with Gasteiger partial charge in [-0.3, -0.25) is 9.10 Å². The van der Waals surface area contributed by atoms with Crippen molar-refractivity contribution in [3.05, 3.63) is 89.2 Å². The Balaban J connectivity index is 1.32. The number of fused-ring (bicyclic) bond motifs is 1. The molecule has 6 rings (SSSR count). The zero-order valence-electron chi connectivity index (χ0n) is 22.5. The van der Waals surface area contributed by atoms with Crippen LogP contribution >= 0.6 is 0 Å². The number of nitrogen functional groups attached to an aromatic ring is 1. The van der Waals surface area contributed by atoms with E-state index in [0.717, 1.165) is 10.7 Å². The number of carbonyl (C=O) groups is 1. The number of benzene rings is 3. The molecule has 5 aromatic rings. The number of nitrogens with two attached hydrogens (primary N) is 1. The minimum Gasteiger partial charge on any atom is -0.495 e. The highest BCUT2D eigenvalue weighted by atomic mass is 32.2. The van der Waals surface area contributed by atoms with Gasteiger partial charge in [-0.15, -0.1) is 0 Å². The number of hydrogen-bond acceptors (Lipinski definition) is 7. The lowest BCUT2D eigenvalue weighted by atomic mass is 10.1. The van der Waals surface area contributed by atoms with Crippen LogP contribution in [0.4, 0.5) is 20.3 Å². The number of H-pyrrole nitrogens is 1. The minimum absolute atomic E-state index is 0.00489. The smallest absolute Gasteiger partial charge is 0.235 e. The second-order valence-electron chi connectivity index (χ2n) is 9.82. The second kappa shape index (κ2) is 10.2. The molecular weight excluding hydrogens is 568 g/mol. The summed E-state index contributed by atoms with van der Waals surface area (Å²) in [7, 11) is -2.02.